The van der Waals surface area contributed by atoms with Crippen molar-refractivity contribution in [1.82, 2.24) is 0 Å². The molecule has 0 saturated carbocycles. The molecule has 0 spiro atoms. The van der Waals surface area contributed by atoms with Crippen LogP contribution in [0.3, 0.4) is 0 Å². The molecule has 0 fully saturated rings. The van der Waals surface area contributed by atoms with Crippen LogP contribution in [0.1, 0.15) is 44.5 Å². The Bertz CT molecular complexity index is 1600. The van der Waals surface area contributed by atoms with Crippen LogP contribution < -0.4 is 9.80 Å². The second kappa shape index (κ2) is 14.7. The number of benzene rings is 5. The molecule has 2 heteroatoms. The highest BCUT2D eigenvalue weighted by molar-refractivity contribution is 5.76. The number of nitrogens with zero attached hydrogens (tertiary/aromatic N) is 2. The minimum atomic E-state index is 1.18. The van der Waals surface area contributed by atoms with Crippen molar-refractivity contribution in [1.29, 1.82) is 0 Å². The van der Waals surface area contributed by atoms with Crippen LogP contribution in [0.25, 0.3) is 48.6 Å². The highest BCUT2D eigenvalue weighted by Gasteiger charge is 1.97. The number of hydrogen-bond acceptors (Lipinski definition) is 2. The second-order valence-corrected chi connectivity index (χ2v) is 11.3. The average molecular weight is 573 g/mol. The van der Waals surface area contributed by atoms with E-state index in [1.807, 2.05) is 0 Å². The average Bonchev–Trinajstić information content (AvgIpc) is 3.06. The van der Waals surface area contributed by atoms with Crippen molar-refractivity contribution >= 4 is 60.0 Å². The quantitative estimate of drug-likeness (QED) is 0.154. The van der Waals surface area contributed by atoms with Crippen molar-refractivity contribution in [3.63, 3.8) is 0 Å². The van der Waals surface area contributed by atoms with Gasteiger partial charge in [-0.15, -0.1) is 0 Å². The molecule has 218 valence electrons. The summed E-state index contributed by atoms with van der Waals surface area (Å²) in [6.07, 6.45) is 17.3. The third-order valence-corrected chi connectivity index (χ3v) is 7.50. The van der Waals surface area contributed by atoms with Gasteiger partial charge in [-0.1, -0.05) is 146 Å². The molecule has 2 nitrogen and oxygen atoms in total. The second-order valence-electron chi connectivity index (χ2n) is 11.3. The minimum absolute atomic E-state index is 1.18. The van der Waals surface area contributed by atoms with Gasteiger partial charge in [-0.3, -0.25) is 0 Å². The fraction of sp³-hybridized carbons (Fsp3) is 0.0952. The van der Waals surface area contributed by atoms with E-state index in [4.69, 9.17) is 0 Å². The Labute approximate surface area is 263 Å². The summed E-state index contributed by atoms with van der Waals surface area (Å²) in [5.74, 6) is 0. The SMILES string of the molecule is CN(C)c1ccc(/C=C/c2ccc(/C=C/c3ccc(/C=C/c4ccc(/C=C/c5ccc(N(C)C)cc5)cc4)cc3)cc2)cc1. The van der Waals surface area contributed by atoms with Crippen LogP contribution in [0.2, 0.25) is 0 Å². The van der Waals surface area contributed by atoms with Gasteiger partial charge in [0.05, 0.1) is 0 Å². The Kier molecular flexibility index (Phi) is 10.1. The standard InChI is InChI=1S/C42H40N2/c1-43(2)41-29-25-39(26-30-41)23-21-37-17-13-35(14-18-37)11-9-33-5-7-34(8-6-33)10-12-36-15-19-38(20-16-36)22-24-40-27-31-42(32-28-40)44(3)4/h5-32H,1-4H3/b11-9+,12-10+,23-21+,24-22+. The van der Waals surface area contributed by atoms with Gasteiger partial charge in [-0.05, 0) is 68.8 Å². The summed E-state index contributed by atoms with van der Waals surface area (Å²) >= 11 is 0. The van der Waals surface area contributed by atoms with E-state index in [1.54, 1.807) is 0 Å². The fourth-order valence-electron chi connectivity index (χ4n) is 4.69. The van der Waals surface area contributed by atoms with E-state index in [0.29, 0.717) is 0 Å². The lowest BCUT2D eigenvalue weighted by Gasteiger charge is -2.11. The van der Waals surface area contributed by atoms with E-state index in [2.05, 4.69) is 208 Å². The molecule has 0 aliphatic heterocycles. The van der Waals surface area contributed by atoms with Crippen LogP contribution in [0, 0.1) is 0 Å². The van der Waals surface area contributed by atoms with Crippen molar-refractivity contribution in [3.05, 3.63) is 166 Å². The molecule has 0 aliphatic carbocycles. The summed E-state index contributed by atoms with van der Waals surface area (Å²) in [6.45, 7) is 0. The molecule has 0 unspecified atom stereocenters. The Morgan fingerprint density at radius 1 is 0.250 bits per heavy atom. The zero-order chi connectivity index (χ0) is 30.7. The molecule has 0 heterocycles. The lowest BCUT2D eigenvalue weighted by Crippen LogP contribution is -2.07. The van der Waals surface area contributed by atoms with Crippen LogP contribution in [0.4, 0.5) is 11.4 Å². The molecule has 0 amide bonds. The molecular weight excluding hydrogens is 532 g/mol. The van der Waals surface area contributed by atoms with E-state index in [-0.39, 0.29) is 0 Å². The fourth-order valence-corrected chi connectivity index (χ4v) is 4.69. The van der Waals surface area contributed by atoms with Crippen molar-refractivity contribution in [2.75, 3.05) is 38.0 Å². The van der Waals surface area contributed by atoms with E-state index in [9.17, 15) is 0 Å². The molecule has 5 aromatic carbocycles. The molecule has 0 atom stereocenters. The highest BCUT2D eigenvalue weighted by atomic mass is 15.1. The van der Waals surface area contributed by atoms with Crippen LogP contribution in [0.5, 0.6) is 0 Å². The zero-order valence-electron chi connectivity index (χ0n) is 26.1. The van der Waals surface area contributed by atoms with Crippen LogP contribution in [-0.2, 0) is 0 Å². The summed E-state index contributed by atoms with van der Waals surface area (Å²) < 4.78 is 0. The Morgan fingerprint density at radius 2 is 0.386 bits per heavy atom. The monoisotopic (exact) mass is 572 g/mol. The lowest BCUT2D eigenvalue weighted by molar-refractivity contribution is 1.13. The molecule has 0 radical (unpaired) electrons. The van der Waals surface area contributed by atoms with Gasteiger partial charge in [0.25, 0.3) is 0 Å². The smallest absolute Gasteiger partial charge is 0.0361 e. The molecule has 5 aromatic rings. The molecule has 5 rings (SSSR count). The maximum Gasteiger partial charge on any atom is 0.0361 e. The molecule has 0 aliphatic rings. The number of rotatable bonds is 10. The summed E-state index contributed by atoms with van der Waals surface area (Å²) in [5.41, 5.74) is 11.9. The molecule has 0 N–H and O–H groups in total. The van der Waals surface area contributed by atoms with Gasteiger partial charge in [0.15, 0.2) is 0 Å². The van der Waals surface area contributed by atoms with Gasteiger partial charge in [0.1, 0.15) is 0 Å². The van der Waals surface area contributed by atoms with E-state index in [0.717, 1.165) is 0 Å². The van der Waals surface area contributed by atoms with Gasteiger partial charge in [0, 0.05) is 39.6 Å². The Hall–Kier alpha value is -5.34. The maximum atomic E-state index is 2.16. The first-order valence-corrected chi connectivity index (χ1v) is 15.0. The van der Waals surface area contributed by atoms with E-state index < -0.39 is 0 Å². The number of hydrogen-bond donors (Lipinski definition) is 0. The summed E-state index contributed by atoms with van der Waals surface area (Å²) in [5, 5.41) is 0. The summed E-state index contributed by atoms with van der Waals surface area (Å²) in [4.78, 5) is 4.22. The largest absolute Gasteiger partial charge is 0.378 e. The molecule has 0 bridgehead atoms. The zero-order valence-corrected chi connectivity index (χ0v) is 26.1. The van der Waals surface area contributed by atoms with Crippen molar-refractivity contribution in [2.45, 2.75) is 0 Å². The highest BCUT2D eigenvalue weighted by Crippen LogP contribution is 2.18. The van der Waals surface area contributed by atoms with Crippen molar-refractivity contribution < 1.29 is 0 Å². The van der Waals surface area contributed by atoms with Crippen LogP contribution >= 0.6 is 0 Å². The lowest BCUT2D eigenvalue weighted by atomic mass is 10.1. The third kappa shape index (κ3) is 8.83. The molecular formula is C42H40N2. The topological polar surface area (TPSA) is 6.48 Å². The summed E-state index contributed by atoms with van der Waals surface area (Å²) in [7, 11) is 8.23. The van der Waals surface area contributed by atoms with Crippen molar-refractivity contribution in [3.8, 4) is 0 Å². The molecule has 44 heavy (non-hydrogen) atoms. The Balaban J connectivity index is 1.12. The van der Waals surface area contributed by atoms with Gasteiger partial charge in [-0.2, -0.15) is 0 Å². The number of anilines is 2. The first-order chi connectivity index (χ1) is 21.4. The minimum Gasteiger partial charge on any atom is -0.378 e. The van der Waals surface area contributed by atoms with E-state index in [1.165, 1.54) is 55.9 Å². The van der Waals surface area contributed by atoms with Gasteiger partial charge in [0.2, 0.25) is 0 Å². The first-order valence-electron chi connectivity index (χ1n) is 15.0. The normalized spacial score (nSPS) is 11.7. The third-order valence-electron chi connectivity index (χ3n) is 7.50. The maximum absolute atomic E-state index is 2.16. The molecule has 0 saturated heterocycles. The van der Waals surface area contributed by atoms with E-state index >= 15 is 0 Å². The first kappa shape index (κ1) is 30.1. The summed E-state index contributed by atoms with van der Waals surface area (Å²) in [6, 6.07) is 43.1. The van der Waals surface area contributed by atoms with Crippen molar-refractivity contribution in [2.24, 2.45) is 0 Å². The molecule has 0 aromatic heterocycles. The predicted octanol–water partition coefficient (Wildman–Crippen LogP) is 10.5. The van der Waals surface area contributed by atoms with Crippen LogP contribution in [-0.4, -0.2) is 28.2 Å². The Morgan fingerprint density at radius 3 is 0.523 bits per heavy atom. The van der Waals surface area contributed by atoms with Gasteiger partial charge >= 0.3 is 0 Å². The van der Waals surface area contributed by atoms with Gasteiger partial charge in [-0.25, -0.2) is 0 Å². The predicted molar refractivity (Wildman–Crippen MR) is 197 cm³/mol. The van der Waals surface area contributed by atoms with Gasteiger partial charge < -0.3 is 9.80 Å². The van der Waals surface area contributed by atoms with Crippen LogP contribution in [0.15, 0.2) is 121 Å².